The second kappa shape index (κ2) is 4.81. The van der Waals surface area contributed by atoms with Crippen molar-refractivity contribution in [2.24, 2.45) is 0 Å². The van der Waals surface area contributed by atoms with Crippen LogP contribution < -0.4 is 0 Å². The summed E-state index contributed by atoms with van der Waals surface area (Å²) in [6.07, 6.45) is 1.06. The number of hydrogen-bond acceptors (Lipinski definition) is 4. The number of aryl methyl sites for hydroxylation is 1. The minimum Gasteiger partial charge on any atom is -0.284 e. The van der Waals surface area contributed by atoms with Gasteiger partial charge in [0, 0.05) is 12.0 Å². The van der Waals surface area contributed by atoms with Crippen molar-refractivity contribution < 1.29 is 8.42 Å². The second-order valence-corrected chi connectivity index (χ2v) is 6.47. The fourth-order valence-corrected chi connectivity index (χ4v) is 2.67. The number of nitrogens with one attached hydrogen (secondary N) is 1. The third kappa shape index (κ3) is 3.68. The molecule has 0 aliphatic carbocycles. The first-order chi connectivity index (χ1) is 6.91. The second-order valence-electron chi connectivity index (χ2n) is 3.27. The normalized spacial score (nSPS) is 11.3. The maximum absolute atomic E-state index is 11.0. The van der Waals surface area contributed by atoms with Crippen LogP contribution in [0.3, 0.4) is 0 Å². The number of rotatable bonds is 2. The van der Waals surface area contributed by atoms with Gasteiger partial charge < -0.3 is 0 Å². The zero-order chi connectivity index (χ0) is 11.5. The largest absolute Gasteiger partial charge is 0.284 e. The molecule has 0 fully saturated rings. The summed E-state index contributed by atoms with van der Waals surface area (Å²) in [5.74, 6) is 0.526. The summed E-state index contributed by atoms with van der Waals surface area (Å²) in [6.45, 7) is 1.97. The SMILES string of the molecule is Cc1ccccc1CSC(=N)S(C)(=O)=O. The Morgan fingerprint density at radius 2 is 2.00 bits per heavy atom. The third-order valence-corrected chi connectivity index (χ3v) is 4.61. The maximum atomic E-state index is 11.0. The molecule has 1 rings (SSSR count). The Kier molecular flexibility index (Phi) is 3.93. The molecule has 1 aromatic rings. The van der Waals surface area contributed by atoms with Gasteiger partial charge in [-0.25, -0.2) is 8.42 Å². The number of sulfone groups is 1. The minimum absolute atomic E-state index is 0.272. The Bertz CT molecular complexity index is 466. The quantitative estimate of drug-likeness (QED) is 0.640. The molecule has 0 aliphatic heterocycles. The smallest absolute Gasteiger partial charge is 0.198 e. The molecule has 0 atom stereocenters. The average molecular weight is 243 g/mol. The van der Waals surface area contributed by atoms with Crippen molar-refractivity contribution in [3.8, 4) is 0 Å². The first-order valence-corrected chi connectivity index (χ1v) is 7.25. The molecule has 0 aliphatic rings. The van der Waals surface area contributed by atoms with E-state index in [-0.39, 0.29) is 4.38 Å². The molecular weight excluding hydrogens is 230 g/mol. The van der Waals surface area contributed by atoms with Crippen LogP contribution in [0.5, 0.6) is 0 Å². The van der Waals surface area contributed by atoms with Gasteiger partial charge in [0.2, 0.25) is 0 Å². The Labute approximate surface area is 94.3 Å². The molecular formula is C10H13NO2S2. The highest BCUT2D eigenvalue weighted by molar-refractivity contribution is 8.34. The Hall–Kier alpha value is -0.810. The zero-order valence-corrected chi connectivity index (χ0v) is 10.3. The lowest BCUT2D eigenvalue weighted by Gasteiger charge is -2.04. The maximum Gasteiger partial charge on any atom is 0.198 e. The van der Waals surface area contributed by atoms with Gasteiger partial charge in [0.15, 0.2) is 14.2 Å². The van der Waals surface area contributed by atoms with Crippen LogP contribution in [0.15, 0.2) is 24.3 Å². The summed E-state index contributed by atoms with van der Waals surface area (Å²) in [6, 6.07) is 7.76. The Morgan fingerprint density at radius 3 is 2.53 bits per heavy atom. The molecule has 3 nitrogen and oxygen atoms in total. The van der Waals surface area contributed by atoms with Gasteiger partial charge in [0.25, 0.3) is 0 Å². The predicted molar refractivity (Wildman–Crippen MR) is 65.0 cm³/mol. The lowest BCUT2D eigenvalue weighted by atomic mass is 10.1. The fourth-order valence-electron chi connectivity index (χ4n) is 1.02. The van der Waals surface area contributed by atoms with Crippen LogP contribution in [-0.4, -0.2) is 19.0 Å². The topological polar surface area (TPSA) is 58.0 Å². The molecule has 0 heterocycles. The van der Waals surface area contributed by atoms with Gasteiger partial charge in [-0.3, -0.25) is 5.41 Å². The zero-order valence-electron chi connectivity index (χ0n) is 8.65. The predicted octanol–water partition coefficient (Wildman–Crippen LogP) is 2.21. The van der Waals surface area contributed by atoms with E-state index in [0.717, 1.165) is 29.1 Å². The van der Waals surface area contributed by atoms with E-state index in [4.69, 9.17) is 5.41 Å². The van der Waals surface area contributed by atoms with Gasteiger partial charge in [0.1, 0.15) is 0 Å². The molecule has 15 heavy (non-hydrogen) atoms. The molecule has 1 aromatic carbocycles. The van der Waals surface area contributed by atoms with E-state index in [0.29, 0.717) is 5.75 Å². The summed E-state index contributed by atoms with van der Waals surface area (Å²) in [5.41, 5.74) is 2.18. The van der Waals surface area contributed by atoms with E-state index in [2.05, 4.69) is 0 Å². The molecule has 0 aromatic heterocycles. The summed E-state index contributed by atoms with van der Waals surface area (Å²) < 4.78 is 21.7. The van der Waals surface area contributed by atoms with E-state index < -0.39 is 9.84 Å². The van der Waals surface area contributed by atoms with Crippen LogP contribution in [0, 0.1) is 12.3 Å². The van der Waals surface area contributed by atoms with Crippen molar-refractivity contribution in [3.05, 3.63) is 35.4 Å². The van der Waals surface area contributed by atoms with Crippen molar-refractivity contribution in [2.45, 2.75) is 12.7 Å². The first kappa shape index (κ1) is 12.3. The van der Waals surface area contributed by atoms with Crippen molar-refractivity contribution in [2.75, 3.05) is 6.26 Å². The molecule has 0 saturated carbocycles. The molecule has 82 valence electrons. The minimum atomic E-state index is -3.34. The summed E-state index contributed by atoms with van der Waals surface area (Å²) in [5, 5.41) is 7.33. The van der Waals surface area contributed by atoms with Crippen LogP contribution in [0.25, 0.3) is 0 Å². The number of benzene rings is 1. The standard InChI is InChI=1S/C10H13NO2S2/c1-8-5-3-4-6-9(8)7-14-10(11)15(2,12)13/h3-6,11H,7H2,1-2H3. The van der Waals surface area contributed by atoms with Crippen LogP contribution in [0.1, 0.15) is 11.1 Å². The summed E-state index contributed by atoms with van der Waals surface area (Å²) in [7, 11) is -3.34. The van der Waals surface area contributed by atoms with Gasteiger partial charge in [0.05, 0.1) is 0 Å². The monoisotopic (exact) mass is 243 g/mol. The lowest BCUT2D eigenvalue weighted by Crippen LogP contribution is -2.07. The molecule has 0 spiro atoms. The van der Waals surface area contributed by atoms with Crippen molar-refractivity contribution in [3.63, 3.8) is 0 Å². The summed E-state index contributed by atoms with van der Waals surface area (Å²) in [4.78, 5) is 0. The van der Waals surface area contributed by atoms with E-state index >= 15 is 0 Å². The van der Waals surface area contributed by atoms with Crippen LogP contribution in [-0.2, 0) is 15.6 Å². The number of hydrogen-bond donors (Lipinski definition) is 1. The van der Waals surface area contributed by atoms with E-state index in [1.54, 1.807) is 0 Å². The van der Waals surface area contributed by atoms with Crippen molar-refractivity contribution >= 4 is 26.0 Å². The average Bonchev–Trinajstić information content (AvgIpc) is 2.14. The van der Waals surface area contributed by atoms with Gasteiger partial charge in [-0.2, -0.15) is 0 Å². The van der Waals surface area contributed by atoms with E-state index in [9.17, 15) is 8.42 Å². The van der Waals surface area contributed by atoms with E-state index in [1.165, 1.54) is 0 Å². The Balaban J connectivity index is 2.67. The highest BCUT2D eigenvalue weighted by Gasteiger charge is 2.11. The van der Waals surface area contributed by atoms with Crippen LogP contribution >= 0.6 is 11.8 Å². The molecule has 0 bridgehead atoms. The number of thioether (sulfide) groups is 1. The Morgan fingerprint density at radius 1 is 1.40 bits per heavy atom. The van der Waals surface area contributed by atoms with Gasteiger partial charge in [-0.05, 0) is 18.1 Å². The summed E-state index contributed by atoms with van der Waals surface area (Å²) >= 11 is 1.05. The highest BCUT2D eigenvalue weighted by atomic mass is 32.3. The molecule has 0 radical (unpaired) electrons. The molecule has 1 N–H and O–H groups in total. The van der Waals surface area contributed by atoms with Gasteiger partial charge in [-0.1, -0.05) is 36.0 Å². The van der Waals surface area contributed by atoms with Gasteiger partial charge >= 0.3 is 0 Å². The van der Waals surface area contributed by atoms with Crippen molar-refractivity contribution in [1.82, 2.24) is 0 Å². The fraction of sp³-hybridized carbons (Fsp3) is 0.300. The highest BCUT2D eigenvalue weighted by Crippen LogP contribution is 2.18. The lowest BCUT2D eigenvalue weighted by molar-refractivity contribution is 0.613. The van der Waals surface area contributed by atoms with Crippen LogP contribution in [0.4, 0.5) is 0 Å². The van der Waals surface area contributed by atoms with E-state index in [1.807, 2.05) is 31.2 Å². The first-order valence-electron chi connectivity index (χ1n) is 4.37. The molecule has 0 amide bonds. The molecule has 0 saturated heterocycles. The molecule has 5 heteroatoms. The van der Waals surface area contributed by atoms with Crippen LogP contribution in [0.2, 0.25) is 0 Å². The van der Waals surface area contributed by atoms with Crippen molar-refractivity contribution in [1.29, 1.82) is 5.41 Å². The molecule has 0 unspecified atom stereocenters. The van der Waals surface area contributed by atoms with Gasteiger partial charge in [-0.15, -0.1) is 0 Å². The third-order valence-electron chi connectivity index (χ3n) is 1.96.